The van der Waals surface area contributed by atoms with E-state index in [4.69, 9.17) is 4.74 Å². The number of nitrogens with zero attached hydrogens (tertiary/aromatic N) is 3. The summed E-state index contributed by atoms with van der Waals surface area (Å²) in [5.41, 5.74) is -0.379. The average Bonchev–Trinajstić information content (AvgIpc) is 3.58. The van der Waals surface area contributed by atoms with E-state index in [0.717, 1.165) is 25.0 Å². The summed E-state index contributed by atoms with van der Waals surface area (Å²) >= 11 is 0. The Morgan fingerprint density at radius 3 is 2.41 bits per heavy atom. The SMILES string of the molecule is CCN(Cc1cc(C(F)(F)F)ccc1-c1nn(CC(=O)OC(C)(C)C)c2ccc(F)cc12)C(=O)C1CC1. The maximum absolute atomic E-state index is 14.3. The van der Waals surface area contributed by atoms with Crippen LogP contribution >= 0.6 is 0 Å². The molecule has 1 fully saturated rings. The molecule has 1 heterocycles. The summed E-state index contributed by atoms with van der Waals surface area (Å²) in [6.45, 7) is 6.95. The maximum Gasteiger partial charge on any atom is 0.416 e. The molecule has 4 rings (SSSR count). The van der Waals surface area contributed by atoms with Crippen molar-refractivity contribution < 1.29 is 31.9 Å². The van der Waals surface area contributed by atoms with E-state index in [2.05, 4.69) is 5.10 Å². The Morgan fingerprint density at radius 2 is 1.81 bits per heavy atom. The number of carbonyl (C=O) groups excluding carboxylic acids is 2. The summed E-state index contributed by atoms with van der Waals surface area (Å²) in [6.07, 6.45) is -3.05. The third-order valence-electron chi connectivity index (χ3n) is 6.08. The summed E-state index contributed by atoms with van der Waals surface area (Å²) in [7, 11) is 0. The third kappa shape index (κ3) is 6.11. The smallest absolute Gasteiger partial charge is 0.416 e. The third-order valence-corrected chi connectivity index (χ3v) is 6.08. The van der Waals surface area contributed by atoms with Crippen LogP contribution in [0.5, 0.6) is 0 Å². The van der Waals surface area contributed by atoms with Crippen LogP contribution in [0.15, 0.2) is 36.4 Å². The molecule has 0 saturated heterocycles. The molecule has 1 aliphatic rings. The topological polar surface area (TPSA) is 64.4 Å². The van der Waals surface area contributed by atoms with Crippen LogP contribution in [0, 0.1) is 11.7 Å². The lowest BCUT2D eigenvalue weighted by Crippen LogP contribution is -2.31. The van der Waals surface area contributed by atoms with E-state index >= 15 is 0 Å². The molecular formula is C27H29F4N3O3. The van der Waals surface area contributed by atoms with Gasteiger partial charge in [-0.2, -0.15) is 18.3 Å². The van der Waals surface area contributed by atoms with E-state index in [-0.39, 0.29) is 36.2 Å². The average molecular weight is 520 g/mol. The highest BCUT2D eigenvalue weighted by molar-refractivity contribution is 5.95. The van der Waals surface area contributed by atoms with E-state index in [1.807, 2.05) is 0 Å². The van der Waals surface area contributed by atoms with Gasteiger partial charge in [-0.1, -0.05) is 6.07 Å². The van der Waals surface area contributed by atoms with Crippen LogP contribution in [0.2, 0.25) is 0 Å². The van der Waals surface area contributed by atoms with Crippen LogP contribution in [-0.4, -0.2) is 38.7 Å². The monoisotopic (exact) mass is 519 g/mol. The van der Waals surface area contributed by atoms with Crippen LogP contribution < -0.4 is 0 Å². The predicted octanol–water partition coefficient (Wildman–Crippen LogP) is 5.96. The lowest BCUT2D eigenvalue weighted by Gasteiger charge is -2.23. The highest BCUT2D eigenvalue weighted by Gasteiger charge is 2.35. The summed E-state index contributed by atoms with van der Waals surface area (Å²) in [6, 6.07) is 7.16. The molecule has 1 amide bonds. The second-order valence-corrected chi connectivity index (χ2v) is 10.3. The maximum atomic E-state index is 14.3. The molecule has 3 aromatic rings. The molecule has 1 aromatic heterocycles. The summed E-state index contributed by atoms with van der Waals surface area (Å²) in [5, 5.41) is 4.85. The molecule has 2 aromatic carbocycles. The van der Waals surface area contributed by atoms with Gasteiger partial charge in [0.25, 0.3) is 0 Å². The van der Waals surface area contributed by atoms with Crippen molar-refractivity contribution >= 4 is 22.8 Å². The van der Waals surface area contributed by atoms with Crippen molar-refractivity contribution in [3.8, 4) is 11.3 Å². The minimum absolute atomic E-state index is 0.0547. The number of amides is 1. The number of esters is 1. The van der Waals surface area contributed by atoms with Gasteiger partial charge in [0.05, 0.1) is 11.1 Å². The number of hydrogen-bond acceptors (Lipinski definition) is 4. The van der Waals surface area contributed by atoms with Crippen molar-refractivity contribution in [1.29, 1.82) is 0 Å². The lowest BCUT2D eigenvalue weighted by atomic mass is 9.98. The number of ether oxygens (including phenoxy) is 1. The molecule has 0 unspecified atom stereocenters. The fraction of sp³-hybridized carbons (Fsp3) is 0.444. The highest BCUT2D eigenvalue weighted by Crippen LogP contribution is 2.37. The van der Waals surface area contributed by atoms with Gasteiger partial charge in [0.15, 0.2) is 0 Å². The first-order valence-electron chi connectivity index (χ1n) is 12.1. The van der Waals surface area contributed by atoms with E-state index in [0.29, 0.717) is 23.0 Å². The zero-order valence-electron chi connectivity index (χ0n) is 21.2. The van der Waals surface area contributed by atoms with Crippen LogP contribution in [0.3, 0.4) is 0 Å². The molecule has 1 saturated carbocycles. The van der Waals surface area contributed by atoms with Crippen LogP contribution in [0.25, 0.3) is 22.2 Å². The van der Waals surface area contributed by atoms with E-state index in [1.54, 1.807) is 27.7 Å². The Morgan fingerprint density at radius 1 is 1.11 bits per heavy atom. The quantitative estimate of drug-likeness (QED) is 0.285. The Hall–Kier alpha value is -3.43. The summed E-state index contributed by atoms with van der Waals surface area (Å²) < 4.78 is 61.8. The fourth-order valence-electron chi connectivity index (χ4n) is 4.24. The van der Waals surface area contributed by atoms with Gasteiger partial charge in [-0.15, -0.1) is 0 Å². The van der Waals surface area contributed by atoms with E-state index in [9.17, 15) is 27.2 Å². The van der Waals surface area contributed by atoms with Crippen molar-refractivity contribution in [1.82, 2.24) is 14.7 Å². The summed E-state index contributed by atoms with van der Waals surface area (Å²) in [5.74, 6) is -1.32. The van der Waals surface area contributed by atoms with Crippen molar-refractivity contribution in [3.05, 3.63) is 53.3 Å². The van der Waals surface area contributed by atoms with Crippen LogP contribution in [0.4, 0.5) is 17.6 Å². The zero-order valence-corrected chi connectivity index (χ0v) is 21.2. The number of benzene rings is 2. The molecule has 0 spiro atoms. The van der Waals surface area contributed by atoms with Gasteiger partial charge in [0, 0.05) is 30.0 Å². The molecule has 37 heavy (non-hydrogen) atoms. The number of halogens is 4. The molecule has 0 atom stereocenters. The number of carbonyl (C=O) groups is 2. The number of aromatic nitrogens is 2. The second kappa shape index (κ2) is 9.79. The molecule has 6 nitrogen and oxygen atoms in total. The van der Waals surface area contributed by atoms with Crippen molar-refractivity contribution in [2.75, 3.05) is 6.54 Å². The first-order valence-corrected chi connectivity index (χ1v) is 12.1. The van der Waals surface area contributed by atoms with Gasteiger partial charge < -0.3 is 9.64 Å². The number of alkyl halides is 3. The molecule has 1 aliphatic carbocycles. The first kappa shape index (κ1) is 26.6. The fourth-order valence-corrected chi connectivity index (χ4v) is 4.24. The van der Waals surface area contributed by atoms with Gasteiger partial charge in [0.1, 0.15) is 23.7 Å². The van der Waals surface area contributed by atoms with Gasteiger partial charge >= 0.3 is 12.1 Å². The molecule has 0 radical (unpaired) electrons. The van der Waals surface area contributed by atoms with Gasteiger partial charge in [0.2, 0.25) is 5.91 Å². The second-order valence-electron chi connectivity index (χ2n) is 10.3. The molecule has 198 valence electrons. The minimum atomic E-state index is -4.59. The Balaban J connectivity index is 1.83. The van der Waals surface area contributed by atoms with Gasteiger partial charge in [-0.3, -0.25) is 14.3 Å². The van der Waals surface area contributed by atoms with Crippen molar-refractivity contribution in [2.24, 2.45) is 5.92 Å². The molecule has 0 N–H and O–H groups in total. The minimum Gasteiger partial charge on any atom is -0.459 e. The normalized spacial score (nSPS) is 14.2. The first-order chi connectivity index (χ1) is 17.3. The van der Waals surface area contributed by atoms with Crippen LogP contribution in [0.1, 0.15) is 51.7 Å². The van der Waals surface area contributed by atoms with Crippen molar-refractivity contribution in [2.45, 2.75) is 65.4 Å². The Bertz CT molecular complexity index is 1340. The molecule has 0 aliphatic heterocycles. The van der Waals surface area contributed by atoms with E-state index in [1.165, 1.54) is 33.8 Å². The van der Waals surface area contributed by atoms with Crippen molar-refractivity contribution in [3.63, 3.8) is 0 Å². The zero-order chi connectivity index (χ0) is 27.1. The molecule has 10 heteroatoms. The summed E-state index contributed by atoms with van der Waals surface area (Å²) in [4.78, 5) is 26.8. The highest BCUT2D eigenvalue weighted by atomic mass is 19.4. The Labute approximate surface area is 212 Å². The molecule has 0 bridgehead atoms. The number of hydrogen-bond donors (Lipinski definition) is 0. The number of fused-ring (bicyclic) bond motifs is 1. The molecular weight excluding hydrogens is 490 g/mol. The van der Waals surface area contributed by atoms with Crippen LogP contribution in [-0.2, 0) is 33.6 Å². The predicted molar refractivity (Wildman–Crippen MR) is 130 cm³/mol. The lowest BCUT2D eigenvalue weighted by molar-refractivity contribution is -0.155. The standard InChI is InChI=1S/C27H29F4N3O3/c1-5-33(25(36)16-6-7-16)14-17-12-18(27(29,30)31)8-10-20(17)24-21-13-19(28)9-11-22(21)34(32-24)15-23(35)37-26(2,3)4/h8-13,16H,5-7,14-15H2,1-4H3. The van der Waals surface area contributed by atoms with Gasteiger partial charge in [-0.25, -0.2) is 4.39 Å². The Kier molecular flexibility index (Phi) is 7.05. The van der Waals surface area contributed by atoms with E-state index < -0.39 is 29.1 Å². The van der Waals surface area contributed by atoms with Gasteiger partial charge in [-0.05, 0) is 76.4 Å². The number of rotatable bonds is 7. The largest absolute Gasteiger partial charge is 0.459 e.